The van der Waals surface area contributed by atoms with Crippen LogP contribution in [0.15, 0.2) is 131 Å². The molecule has 1 aromatic heterocycles. The summed E-state index contributed by atoms with van der Waals surface area (Å²) in [6, 6.07) is 38.1. The lowest BCUT2D eigenvalue weighted by Gasteiger charge is -2.26. The van der Waals surface area contributed by atoms with Gasteiger partial charge in [0.1, 0.15) is 0 Å². The van der Waals surface area contributed by atoms with Gasteiger partial charge in [0.2, 0.25) is 0 Å². The topological polar surface area (TPSA) is 4.93 Å². The van der Waals surface area contributed by atoms with E-state index in [1.54, 1.807) is 5.57 Å². The van der Waals surface area contributed by atoms with Crippen molar-refractivity contribution in [2.75, 3.05) is 0 Å². The maximum atomic E-state index is 2.41. The van der Waals surface area contributed by atoms with E-state index in [0.717, 1.165) is 12.8 Å². The molecule has 2 heteroatoms. The van der Waals surface area contributed by atoms with E-state index in [1.807, 2.05) is 11.8 Å². The zero-order chi connectivity index (χ0) is 29.3. The maximum Gasteiger partial charge on any atom is 0.0541 e. The van der Waals surface area contributed by atoms with Gasteiger partial charge < -0.3 is 4.57 Å². The predicted octanol–water partition coefficient (Wildman–Crippen LogP) is 11.6. The number of nitrogens with zero attached hydrogens (tertiary/aromatic N) is 1. The van der Waals surface area contributed by atoms with Crippen molar-refractivity contribution in [3.8, 4) is 16.8 Å². The first kappa shape index (κ1) is 26.4. The molecular formula is C41H35NS. The average molecular weight is 574 g/mol. The molecule has 0 bridgehead atoms. The highest BCUT2D eigenvalue weighted by Crippen LogP contribution is 2.54. The second-order valence-corrected chi connectivity index (χ2v) is 13.6. The van der Waals surface area contributed by atoms with Gasteiger partial charge in [0.05, 0.1) is 11.0 Å². The molecule has 2 aliphatic rings. The quantitative estimate of drug-likeness (QED) is 0.203. The molecule has 0 amide bonds. The molecule has 6 aromatic rings. The zero-order valence-electron chi connectivity index (χ0n) is 25.2. The summed E-state index contributed by atoms with van der Waals surface area (Å²) >= 11 is 1.96. The smallest absolute Gasteiger partial charge is 0.0541 e. The molecule has 0 fully saturated rings. The Hall–Kier alpha value is -4.27. The molecule has 5 aromatic carbocycles. The number of benzene rings is 5. The van der Waals surface area contributed by atoms with Gasteiger partial charge in [0.15, 0.2) is 0 Å². The second-order valence-electron chi connectivity index (χ2n) is 12.6. The van der Waals surface area contributed by atoms with Crippen LogP contribution in [0.4, 0.5) is 0 Å². The average Bonchev–Trinajstić information content (AvgIpc) is 3.48. The van der Waals surface area contributed by atoms with Crippen LogP contribution in [0.5, 0.6) is 0 Å². The summed E-state index contributed by atoms with van der Waals surface area (Å²) in [6.07, 6.45) is 7.05. The van der Waals surface area contributed by atoms with Crippen LogP contribution >= 0.6 is 11.8 Å². The molecule has 1 nitrogen and oxygen atoms in total. The van der Waals surface area contributed by atoms with Crippen molar-refractivity contribution in [3.05, 3.63) is 143 Å². The fourth-order valence-corrected chi connectivity index (χ4v) is 8.73. The van der Waals surface area contributed by atoms with E-state index in [-0.39, 0.29) is 5.41 Å². The van der Waals surface area contributed by atoms with Crippen molar-refractivity contribution >= 4 is 39.1 Å². The van der Waals surface area contributed by atoms with Crippen LogP contribution in [0.25, 0.3) is 44.2 Å². The van der Waals surface area contributed by atoms with E-state index in [2.05, 4.69) is 148 Å². The Morgan fingerprint density at radius 3 is 2.16 bits per heavy atom. The van der Waals surface area contributed by atoms with Gasteiger partial charge in [0.25, 0.3) is 0 Å². The molecule has 0 unspecified atom stereocenters. The molecule has 0 aliphatic heterocycles. The number of aromatic nitrogens is 1. The highest BCUT2D eigenvalue weighted by molar-refractivity contribution is 7.99. The summed E-state index contributed by atoms with van der Waals surface area (Å²) in [5.41, 5.74) is 14.9. The summed E-state index contributed by atoms with van der Waals surface area (Å²) in [5.74, 6) is 0. The number of para-hydroxylation sites is 2. The van der Waals surface area contributed by atoms with Crippen molar-refractivity contribution in [2.24, 2.45) is 0 Å². The lowest BCUT2D eigenvalue weighted by Crippen LogP contribution is -2.17. The fourth-order valence-electron chi connectivity index (χ4n) is 7.45. The highest BCUT2D eigenvalue weighted by Gasteiger charge is 2.39. The van der Waals surface area contributed by atoms with E-state index in [0.29, 0.717) is 0 Å². The van der Waals surface area contributed by atoms with Gasteiger partial charge in [-0.05, 0) is 89.9 Å². The number of aryl methyl sites for hydroxylation is 2. The van der Waals surface area contributed by atoms with E-state index in [9.17, 15) is 0 Å². The lowest BCUT2D eigenvalue weighted by atomic mass is 9.78. The molecule has 0 radical (unpaired) electrons. The molecule has 0 saturated heterocycles. The molecule has 1 heterocycles. The maximum absolute atomic E-state index is 2.41. The van der Waals surface area contributed by atoms with Crippen LogP contribution in [0.3, 0.4) is 0 Å². The molecule has 0 spiro atoms. The van der Waals surface area contributed by atoms with Gasteiger partial charge in [-0.2, -0.15) is 0 Å². The SMILES string of the molecule is Cc1cccc(-c2cccc(-n3c4ccccc4c4ccccc43)c2)c1Sc1c(C)ccc2c1C1=C(CCC=C1)C2(C)C. The first-order valence-corrected chi connectivity index (χ1v) is 16.2. The van der Waals surface area contributed by atoms with Gasteiger partial charge >= 0.3 is 0 Å². The summed E-state index contributed by atoms with van der Waals surface area (Å²) in [7, 11) is 0. The second kappa shape index (κ2) is 9.89. The molecule has 8 rings (SSSR count). The summed E-state index contributed by atoms with van der Waals surface area (Å²) in [4.78, 5) is 2.74. The molecule has 0 atom stereocenters. The van der Waals surface area contributed by atoms with Crippen molar-refractivity contribution in [2.45, 2.75) is 55.7 Å². The van der Waals surface area contributed by atoms with Crippen LogP contribution in [0, 0.1) is 13.8 Å². The Labute approximate surface area is 258 Å². The minimum absolute atomic E-state index is 0.0731. The Balaban J connectivity index is 1.29. The Morgan fingerprint density at radius 1 is 0.698 bits per heavy atom. The standard InChI is InChI=1S/C41H35NS/c1-26-13-11-19-30(39(26)43-40-27(2)23-24-35-38(40)33-18-5-8-20-34(33)41(35,3)4)28-14-12-15-29(25-28)42-36-21-9-6-16-31(36)32-17-7-10-22-37(32)42/h5-7,9-19,21-25H,8,20H2,1-4H3. The lowest BCUT2D eigenvalue weighted by molar-refractivity contribution is 0.606. The van der Waals surface area contributed by atoms with E-state index < -0.39 is 0 Å². The summed E-state index contributed by atoms with van der Waals surface area (Å²) < 4.78 is 2.41. The Kier molecular flexibility index (Phi) is 6.07. The van der Waals surface area contributed by atoms with Crippen LogP contribution in [-0.2, 0) is 5.41 Å². The molecule has 210 valence electrons. The van der Waals surface area contributed by atoms with E-state index in [1.165, 1.54) is 76.2 Å². The minimum Gasteiger partial charge on any atom is -0.309 e. The number of allylic oxidation sites excluding steroid dienone is 4. The number of hydrogen-bond donors (Lipinski definition) is 0. The number of fused-ring (bicyclic) bond motifs is 5. The van der Waals surface area contributed by atoms with Crippen LogP contribution in [0.2, 0.25) is 0 Å². The first-order chi connectivity index (χ1) is 20.9. The molecule has 0 N–H and O–H groups in total. The number of rotatable bonds is 4. The largest absolute Gasteiger partial charge is 0.309 e. The van der Waals surface area contributed by atoms with E-state index in [4.69, 9.17) is 0 Å². The van der Waals surface area contributed by atoms with Crippen molar-refractivity contribution < 1.29 is 0 Å². The van der Waals surface area contributed by atoms with Crippen molar-refractivity contribution in [1.29, 1.82) is 0 Å². The Bertz CT molecular complexity index is 2100. The number of hydrogen-bond acceptors (Lipinski definition) is 1. The monoisotopic (exact) mass is 573 g/mol. The molecular weight excluding hydrogens is 539 g/mol. The minimum atomic E-state index is 0.0731. The highest BCUT2D eigenvalue weighted by atomic mass is 32.2. The van der Waals surface area contributed by atoms with Gasteiger partial charge in [-0.1, -0.05) is 122 Å². The van der Waals surface area contributed by atoms with Gasteiger partial charge in [-0.25, -0.2) is 0 Å². The zero-order valence-corrected chi connectivity index (χ0v) is 26.1. The third kappa shape index (κ3) is 4.00. The van der Waals surface area contributed by atoms with Crippen LogP contribution in [-0.4, -0.2) is 4.57 Å². The predicted molar refractivity (Wildman–Crippen MR) is 185 cm³/mol. The molecule has 43 heavy (non-hydrogen) atoms. The van der Waals surface area contributed by atoms with Gasteiger partial charge in [-0.15, -0.1) is 0 Å². The van der Waals surface area contributed by atoms with Gasteiger partial charge in [-0.3, -0.25) is 0 Å². The van der Waals surface area contributed by atoms with Gasteiger partial charge in [0, 0.05) is 31.7 Å². The van der Waals surface area contributed by atoms with Crippen LogP contribution in [0.1, 0.15) is 48.9 Å². The third-order valence-electron chi connectivity index (χ3n) is 9.63. The Morgan fingerprint density at radius 2 is 1.40 bits per heavy atom. The van der Waals surface area contributed by atoms with Crippen molar-refractivity contribution in [1.82, 2.24) is 4.57 Å². The fraction of sp³-hybridized carbons (Fsp3) is 0.171. The normalized spacial score (nSPS) is 15.3. The van der Waals surface area contributed by atoms with Crippen molar-refractivity contribution in [3.63, 3.8) is 0 Å². The summed E-state index contributed by atoms with van der Waals surface area (Å²) in [6.45, 7) is 9.37. The molecule has 2 aliphatic carbocycles. The summed E-state index contributed by atoms with van der Waals surface area (Å²) in [5, 5.41) is 2.58. The van der Waals surface area contributed by atoms with Crippen LogP contribution < -0.4 is 0 Å². The van der Waals surface area contributed by atoms with E-state index >= 15 is 0 Å². The molecule has 0 saturated carbocycles. The third-order valence-corrected chi connectivity index (χ3v) is 11.1. The first-order valence-electron chi connectivity index (χ1n) is 15.3.